The molecule has 0 saturated carbocycles. The third kappa shape index (κ3) is 1.21. The zero-order valence-corrected chi connectivity index (χ0v) is 5.16. The van der Waals surface area contributed by atoms with Crippen molar-refractivity contribution in [1.82, 2.24) is 0 Å². The zero-order valence-electron chi connectivity index (χ0n) is 5.16. The minimum absolute atomic E-state index is 0.118. The molecule has 0 aromatic carbocycles. The summed E-state index contributed by atoms with van der Waals surface area (Å²) in [5.74, 6) is 0. The zero-order chi connectivity index (χ0) is 7.56. The molecule has 0 bridgehead atoms. The minimum Gasteiger partial charge on any atom is -0.259 e. The lowest BCUT2D eigenvalue weighted by Crippen LogP contribution is -2.13. The van der Waals surface area contributed by atoms with Gasteiger partial charge < -0.3 is 0 Å². The number of hydrogen-bond donors (Lipinski definition) is 0. The molecule has 1 aliphatic rings. The molecule has 1 aliphatic carbocycles. The highest BCUT2D eigenvalue weighted by molar-refractivity contribution is 5.16. The summed E-state index contributed by atoms with van der Waals surface area (Å²) in [5, 5.41) is 10.0. The molecule has 0 aliphatic heterocycles. The van der Waals surface area contributed by atoms with Gasteiger partial charge >= 0.3 is 0 Å². The van der Waals surface area contributed by atoms with Crippen LogP contribution in [0.3, 0.4) is 0 Å². The van der Waals surface area contributed by atoms with E-state index in [1.54, 1.807) is 6.08 Å². The number of nitro groups is 1. The molecule has 10 heavy (non-hydrogen) atoms. The van der Waals surface area contributed by atoms with Crippen LogP contribution in [-0.4, -0.2) is 11.1 Å². The van der Waals surface area contributed by atoms with Gasteiger partial charge in [-0.3, -0.25) is 10.1 Å². The van der Waals surface area contributed by atoms with E-state index in [9.17, 15) is 14.5 Å². The Morgan fingerprint density at radius 1 is 1.80 bits per heavy atom. The molecule has 4 heteroatoms. The first-order chi connectivity index (χ1) is 4.72. The van der Waals surface area contributed by atoms with Crippen LogP contribution < -0.4 is 0 Å². The summed E-state index contributed by atoms with van der Waals surface area (Å²) in [6, 6.07) is 0. The predicted molar refractivity (Wildman–Crippen MR) is 33.7 cm³/mol. The molecule has 0 N–H and O–H groups in total. The number of hydrogen-bond acceptors (Lipinski definition) is 2. The van der Waals surface area contributed by atoms with E-state index in [0.29, 0.717) is 0 Å². The van der Waals surface area contributed by atoms with Crippen molar-refractivity contribution < 1.29 is 9.31 Å². The molecule has 0 saturated heterocycles. The Hall–Kier alpha value is -1.19. The van der Waals surface area contributed by atoms with E-state index in [-0.39, 0.29) is 12.1 Å². The highest BCUT2D eigenvalue weighted by Gasteiger charge is 2.23. The van der Waals surface area contributed by atoms with E-state index in [4.69, 9.17) is 0 Å². The molecule has 0 radical (unpaired) electrons. The standard InChI is InChI=1S/C6H6FNO2/c7-5-3-1-2-4-6(5)8(9)10/h1-2,4-5H,3H2. The van der Waals surface area contributed by atoms with Crippen molar-refractivity contribution in [3.8, 4) is 0 Å². The smallest absolute Gasteiger partial charge is 0.259 e. The summed E-state index contributed by atoms with van der Waals surface area (Å²) in [6.45, 7) is 0. The number of allylic oxidation sites excluding steroid dienone is 4. The summed E-state index contributed by atoms with van der Waals surface area (Å²) in [7, 11) is 0. The first kappa shape index (κ1) is 6.92. The second-order valence-electron chi connectivity index (χ2n) is 1.98. The van der Waals surface area contributed by atoms with E-state index in [0.717, 1.165) is 0 Å². The van der Waals surface area contributed by atoms with E-state index in [1.807, 2.05) is 0 Å². The Kier molecular flexibility index (Phi) is 1.80. The van der Waals surface area contributed by atoms with Gasteiger partial charge in [-0.25, -0.2) is 4.39 Å². The summed E-state index contributed by atoms with van der Waals surface area (Å²) in [6.07, 6.45) is 2.94. The molecule has 0 spiro atoms. The fourth-order valence-electron chi connectivity index (χ4n) is 0.765. The SMILES string of the molecule is O=[N+]([O-])C1=CC=CCC1F. The van der Waals surface area contributed by atoms with Crippen LogP contribution in [0.15, 0.2) is 23.9 Å². The topological polar surface area (TPSA) is 43.1 Å². The summed E-state index contributed by atoms with van der Waals surface area (Å²) < 4.78 is 12.5. The Morgan fingerprint density at radius 3 is 2.90 bits per heavy atom. The molecule has 1 unspecified atom stereocenters. The number of halogens is 1. The van der Waals surface area contributed by atoms with Crippen molar-refractivity contribution in [3.05, 3.63) is 34.0 Å². The normalized spacial score (nSPS) is 24.1. The largest absolute Gasteiger partial charge is 0.280 e. The predicted octanol–water partition coefficient (Wildman–Crippen LogP) is 1.44. The van der Waals surface area contributed by atoms with Gasteiger partial charge in [-0.15, -0.1) is 0 Å². The Labute approximate surface area is 57.0 Å². The van der Waals surface area contributed by atoms with E-state index in [2.05, 4.69) is 0 Å². The highest BCUT2D eigenvalue weighted by atomic mass is 19.1. The van der Waals surface area contributed by atoms with Crippen LogP contribution in [0.5, 0.6) is 0 Å². The third-order valence-electron chi connectivity index (χ3n) is 1.28. The third-order valence-corrected chi connectivity index (χ3v) is 1.28. The molecule has 0 aromatic rings. The summed E-state index contributed by atoms with van der Waals surface area (Å²) in [5.41, 5.74) is -0.345. The van der Waals surface area contributed by atoms with Gasteiger partial charge in [-0.05, 0) is 0 Å². The van der Waals surface area contributed by atoms with Gasteiger partial charge in [0.2, 0.25) is 0 Å². The number of rotatable bonds is 1. The van der Waals surface area contributed by atoms with Crippen molar-refractivity contribution in [1.29, 1.82) is 0 Å². The Balaban J connectivity index is 2.80. The molecular weight excluding hydrogens is 137 g/mol. The first-order valence-corrected chi connectivity index (χ1v) is 2.87. The maximum absolute atomic E-state index is 12.5. The Morgan fingerprint density at radius 2 is 2.50 bits per heavy atom. The van der Waals surface area contributed by atoms with Crippen LogP contribution in [-0.2, 0) is 0 Å². The quantitative estimate of drug-likeness (QED) is 0.411. The van der Waals surface area contributed by atoms with E-state index >= 15 is 0 Å². The summed E-state index contributed by atoms with van der Waals surface area (Å²) >= 11 is 0. The van der Waals surface area contributed by atoms with Crippen LogP contribution in [0.4, 0.5) is 4.39 Å². The fraction of sp³-hybridized carbons (Fsp3) is 0.333. The average molecular weight is 143 g/mol. The second kappa shape index (κ2) is 2.60. The van der Waals surface area contributed by atoms with Crippen LogP contribution in [0.25, 0.3) is 0 Å². The van der Waals surface area contributed by atoms with Crippen LogP contribution in [0, 0.1) is 10.1 Å². The van der Waals surface area contributed by atoms with Crippen LogP contribution >= 0.6 is 0 Å². The van der Waals surface area contributed by atoms with Gasteiger partial charge in [-0.1, -0.05) is 12.2 Å². The lowest BCUT2D eigenvalue weighted by atomic mass is 10.1. The van der Waals surface area contributed by atoms with Crippen molar-refractivity contribution in [3.63, 3.8) is 0 Å². The molecule has 3 nitrogen and oxygen atoms in total. The second-order valence-corrected chi connectivity index (χ2v) is 1.98. The van der Waals surface area contributed by atoms with Gasteiger partial charge in [0.05, 0.1) is 4.92 Å². The Bertz CT molecular complexity index is 210. The molecule has 0 fully saturated rings. The molecule has 54 valence electrons. The van der Waals surface area contributed by atoms with Crippen LogP contribution in [0.1, 0.15) is 6.42 Å². The summed E-state index contributed by atoms with van der Waals surface area (Å²) in [4.78, 5) is 9.34. The van der Waals surface area contributed by atoms with E-state index in [1.165, 1.54) is 12.2 Å². The van der Waals surface area contributed by atoms with Crippen molar-refractivity contribution in [2.24, 2.45) is 0 Å². The van der Waals surface area contributed by atoms with Crippen molar-refractivity contribution in [2.45, 2.75) is 12.6 Å². The number of nitrogens with zero attached hydrogens (tertiary/aromatic N) is 1. The lowest BCUT2D eigenvalue weighted by Gasteiger charge is -2.04. The monoisotopic (exact) mass is 143 g/mol. The molecule has 0 heterocycles. The molecular formula is C6H6FNO2. The highest BCUT2D eigenvalue weighted by Crippen LogP contribution is 2.16. The minimum atomic E-state index is -1.43. The average Bonchev–Trinajstić information content (AvgIpc) is 1.88. The van der Waals surface area contributed by atoms with Crippen molar-refractivity contribution >= 4 is 0 Å². The van der Waals surface area contributed by atoms with E-state index < -0.39 is 11.1 Å². The molecule has 0 amide bonds. The first-order valence-electron chi connectivity index (χ1n) is 2.87. The molecule has 1 rings (SSSR count). The molecule has 0 aromatic heterocycles. The lowest BCUT2D eigenvalue weighted by molar-refractivity contribution is -0.433. The molecule has 1 atom stereocenters. The fourth-order valence-corrected chi connectivity index (χ4v) is 0.765. The van der Waals surface area contributed by atoms with Gasteiger partial charge in [0, 0.05) is 12.5 Å². The number of alkyl halides is 1. The van der Waals surface area contributed by atoms with Gasteiger partial charge in [0.1, 0.15) is 0 Å². The maximum Gasteiger partial charge on any atom is 0.280 e. The van der Waals surface area contributed by atoms with Crippen molar-refractivity contribution in [2.75, 3.05) is 0 Å². The van der Waals surface area contributed by atoms with Gasteiger partial charge in [0.25, 0.3) is 5.70 Å². The van der Waals surface area contributed by atoms with Gasteiger partial charge in [0.15, 0.2) is 6.17 Å². The maximum atomic E-state index is 12.5. The van der Waals surface area contributed by atoms with Gasteiger partial charge in [-0.2, -0.15) is 0 Å². The van der Waals surface area contributed by atoms with Crippen LogP contribution in [0.2, 0.25) is 0 Å².